The summed E-state index contributed by atoms with van der Waals surface area (Å²) in [6.45, 7) is 1.05. The third kappa shape index (κ3) is 4.10. The van der Waals surface area contributed by atoms with E-state index in [1.807, 2.05) is 36.4 Å². The van der Waals surface area contributed by atoms with Crippen LogP contribution in [0.3, 0.4) is 0 Å². The quantitative estimate of drug-likeness (QED) is 0.841. The first-order valence-corrected chi connectivity index (χ1v) is 7.04. The van der Waals surface area contributed by atoms with Gasteiger partial charge in [-0.1, -0.05) is 42.5 Å². The van der Waals surface area contributed by atoms with E-state index in [4.69, 9.17) is 9.84 Å². The fourth-order valence-electron chi connectivity index (χ4n) is 2.34. The first kappa shape index (κ1) is 14.6. The number of amides is 1. The molecular formula is C16H21NO3. The second-order valence-corrected chi connectivity index (χ2v) is 4.92. The fourth-order valence-corrected chi connectivity index (χ4v) is 2.34. The van der Waals surface area contributed by atoms with Crippen molar-refractivity contribution in [3.8, 4) is 0 Å². The molecule has 4 nitrogen and oxygen atoms in total. The van der Waals surface area contributed by atoms with E-state index in [9.17, 15) is 4.79 Å². The Labute approximate surface area is 119 Å². The number of benzene rings is 1. The van der Waals surface area contributed by atoms with Crippen molar-refractivity contribution in [2.24, 2.45) is 0 Å². The third-order valence-electron chi connectivity index (χ3n) is 3.45. The molecule has 1 unspecified atom stereocenters. The van der Waals surface area contributed by atoms with Crippen molar-refractivity contribution in [1.82, 2.24) is 4.90 Å². The zero-order valence-corrected chi connectivity index (χ0v) is 11.6. The molecule has 1 atom stereocenters. The van der Waals surface area contributed by atoms with E-state index in [1.165, 1.54) is 0 Å². The molecule has 0 fully saturated rings. The van der Waals surface area contributed by atoms with Gasteiger partial charge in [-0.25, -0.2) is 4.79 Å². The molecule has 1 aromatic carbocycles. The molecule has 2 rings (SSSR count). The van der Waals surface area contributed by atoms with Crippen LogP contribution in [0.25, 0.3) is 0 Å². The Morgan fingerprint density at radius 2 is 2.10 bits per heavy atom. The number of aliphatic hydroxyl groups excluding tert-OH is 1. The van der Waals surface area contributed by atoms with Gasteiger partial charge in [-0.2, -0.15) is 0 Å². The average molecular weight is 275 g/mol. The van der Waals surface area contributed by atoms with Crippen LogP contribution in [-0.2, 0) is 11.3 Å². The van der Waals surface area contributed by atoms with E-state index >= 15 is 0 Å². The molecule has 0 saturated carbocycles. The zero-order chi connectivity index (χ0) is 14.2. The van der Waals surface area contributed by atoms with Gasteiger partial charge in [0.25, 0.3) is 0 Å². The predicted octanol–water partition coefficient (Wildman–Crippen LogP) is 2.73. The number of rotatable bonds is 5. The molecule has 1 aromatic rings. The highest BCUT2D eigenvalue weighted by molar-refractivity contribution is 5.68. The molecule has 0 aromatic heterocycles. The third-order valence-corrected chi connectivity index (χ3v) is 3.45. The molecule has 0 radical (unpaired) electrons. The van der Waals surface area contributed by atoms with Crippen LogP contribution in [0.5, 0.6) is 0 Å². The van der Waals surface area contributed by atoms with E-state index in [1.54, 1.807) is 4.90 Å². The van der Waals surface area contributed by atoms with Gasteiger partial charge in [-0.3, -0.25) is 0 Å². The lowest BCUT2D eigenvalue weighted by Crippen LogP contribution is -2.42. The largest absolute Gasteiger partial charge is 0.445 e. The van der Waals surface area contributed by atoms with E-state index in [-0.39, 0.29) is 18.7 Å². The Bertz CT molecular complexity index is 444. The number of hydrogen-bond acceptors (Lipinski definition) is 3. The molecule has 1 aliphatic rings. The van der Waals surface area contributed by atoms with Crippen LogP contribution in [0.1, 0.15) is 24.8 Å². The van der Waals surface area contributed by atoms with Crippen LogP contribution in [-0.4, -0.2) is 35.3 Å². The summed E-state index contributed by atoms with van der Waals surface area (Å²) in [6, 6.07) is 9.80. The molecule has 4 heteroatoms. The van der Waals surface area contributed by atoms with Crippen LogP contribution in [0.2, 0.25) is 0 Å². The van der Waals surface area contributed by atoms with Gasteiger partial charge in [-0.15, -0.1) is 0 Å². The fraction of sp³-hybridized carbons (Fsp3) is 0.438. The summed E-state index contributed by atoms with van der Waals surface area (Å²) >= 11 is 0. The summed E-state index contributed by atoms with van der Waals surface area (Å²) in [5.74, 6) is 0. The number of carbonyl (C=O) groups is 1. The highest BCUT2D eigenvalue weighted by Gasteiger charge is 2.25. The summed E-state index contributed by atoms with van der Waals surface area (Å²) in [4.78, 5) is 13.9. The van der Waals surface area contributed by atoms with E-state index in [0.29, 0.717) is 19.6 Å². The Kier molecular flexibility index (Phi) is 5.62. The minimum Gasteiger partial charge on any atom is -0.445 e. The Balaban J connectivity index is 1.87. The minimum absolute atomic E-state index is 0.135. The summed E-state index contributed by atoms with van der Waals surface area (Å²) in [7, 11) is 0. The summed E-state index contributed by atoms with van der Waals surface area (Å²) in [5.41, 5.74) is 0.986. The molecule has 0 bridgehead atoms. The van der Waals surface area contributed by atoms with Crippen molar-refractivity contribution in [1.29, 1.82) is 0 Å². The molecule has 1 aliphatic heterocycles. The van der Waals surface area contributed by atoms with Crippen LogP contribution >= 0.6 is 0 Å². The van der Waals surface area contributed by atoms with Gasteiger partial charge in [0.1, 0.15) is 6.61 Å². The van der Waals surface area contributed by atoms with Crippen LogP contribution < -0.4 is 0 Å². The number of ether oxygens (including phenoxy) is 1. The van der Waals surface area contributed by atoms with Crippen LogP contribution in [0, 0.1) is 0 Å². The monoisotopic (exact) mass is 275 g/mol. The lowest BCUT2D eigenvalue weighted by atomic mass is 10.0. The van der Waals surface area contributed by atoms with Crippen molar-refractivity contribution in [3.63, 3.8) is 0 Å². The van der Waals surface area contributed by atoms with Crippen molar-refractivity contribution in [2.75, 3.05) is 13.2 Å². The first-order chi connectivity index (χ1) is 9.81. The highest BCUT2D eigenvalue weighted by Crippen LogP contribution is 2.18. The maximum atomic E-state index is 12.2. The molecule has 108 valence electrons. The van der Waals surface area contributed by atoms with Gasteiger partial charge in [0, 0.05) is 19.2 Å². The second-order valence-electron chi connectivity index (χ2n) is 4.92. The summed E-state index contributed by atoms with van der Waals surface area (Å²) < 4.78 is 5.37. The van der Waals surface area contributed by atoms with Crippen LogP contribution in [0.15, 0.2) is 42.5 Å². The van der Waals surface area contributed by atoms with Crippen molar-refractivity contribution < 1.29 is 14.6 Å². The number of hydrogen-bond donors (Lipinski definition) is 1. The second kappa shape index (κ2) is 7.70. The lowest BCUT2D eigenvalue weighted by molar-refractivity contribution is 0.0800. The Hall–Kier alpha value is -1.81. The van der Waals surface area contributed by atoms with Crippen molar-refractivity contribution in [3.05, 3.63) is 48.0 Å². The average Bonchev–Trinajstić information content (AvgIpc) is 2.52. The van der Waals surface area contributed by atoms with Crippen LogP contribution in [0.4, 0.5) is 4.79 Å². The zero-order valence-electron chi connectivity index (χ0n) is 11.6. The summed E-state index contributed by atoms with van der Waals surface area (Å²) in [6.07, 6.45) is 6.14. The van der Waals surface area contributed by atoms with E-state index in [2.05, 4.69) is 6.08 Å². The van der Waals surface area contributed by atoms with Crippen molar-refractivity contribution in [2.45, 2.75) is 31.9 Å². The van der Waals surface area contributed by atoms with Gasteiger partial charge < -0.3 is 14.7 Å². The van der Waals surface area contributed by atoms with Gasteiger partial charge in [0.05, 0.1) is 0 Å². The molecule has 0 aliphatic carbocycles. The molecule has 1 amide bonds. The van der Waals surface area contributed by atoms with E-state index in [0.717, 1.165) is 18.4 Å². The maximum absolute atomic E-state index is 12.2. The molecule has 0 saturated heterocycles. The Morgan fingerprint density at radius 1 is 1.30 bits per heavy atom. The molecule has 1 N–H and O–H groups in total. The van der Waals surface area contributed by atoms with Gasteiger partial charge >= 0.3 is 6.09 Å². The highest BCUT2D eigenvalue weighted by atomic mass is 16.6. The lowest BCUT2D eigenvalue weighted by Gasteiger charge is -2.32. The van der Waals surface area contributed by atoms with Gasteiger partial charge in [0.2, 0.25) is 0 Å². The number of nitrogens with zero attached hydrogens (tertiary/aromatic N) is 1. The SMILES string of the molecule is O=C(OCc1ccccc1)N1CC=CCC1CCCO. The molecular weight excluding hydrogens is 254 g/mol. The number of carbonyl (C=O) groups excluding carboxylic acids is 1. The van der Waals surface area contributed by atoms with Crippen molar-refractivity contribution >= 4 is 6.09 Å². The molecule has 0 spiro atoms. The summed E-state index contributed by atoms with van der Waals surface area (Å²) in [5, 5.41) is 8.92. The maximum Gasteiger partial charge on any atom is 0.410 e. The van der Waals surface area contributed by atoms with Gasteiger partial charge in [0.15, 0.2) is 0 Å². The van der Waals surface area contributed by atoms with E-state index < -0.39 is 0 Å². The van der Waals surface area contributed by atoms with Gasteiger partial charge in [-0.05, 0) is 24.8 Å². The topological polar surface area (TPSA) is 49.8 Å². The number of aliphatic hydroxyl groups is 1. The predicted molar refractivity (Wildman–Crippen MR) is 77.2 cm³/mol. The standard InChI is InChI=1S/C16H21NO3/c18-12-6-10-15-9-4-5-11-17(15)16(19)20-13-14-7-2-1-3-8-14/h1-5,7-8,15,18H,6,9-13H2. The normalized spacial score (nSPS) is 18.1. The smallest absolute Gasteiger partial charge is 0.410 e. The first-order valence-electron chi connectivity index (χ1n) is 7.04. The Morgan fingerprint density at radius 3 is 2.85 bits per heavy atom. The molecule has 20 heavy (non-hydrogen) atoms. The minimum atomic E-state index is -0.277. The molecule has 1 heterocycles.